The van der Waals surface area contributed by atoms with E-state index < -0.39 is 0 Å². The molecule has 0 spiro atoms. The van der Waals surface area contributed by atoms with Gasteiger partial charge in [0, 0.05) is 6.04 Å². The van der Waals surface area contributed by atoms with Gasteiger partial charge in [-0.25, -0.2) is 0 Å². The van der Waals surface area contributed by atoms with Crippen LogP contribution in [0, 0.1) is 0 Å². The van der Waals surface area contributed by atoms with Gasteiger partial charge in [0.1, 0.15) is 0 Å². The number of nitrogens with one attached hydrogen (secondary N) is 1. The summed E-state index contributed by atoms with van der Waals surface area (Å²) in [5.41, 5.74) is 4.52. The third-order valence-corrected chi connectivity index (χ3v) is 4.32. The van der Waals surface area contributed by atoms with Crippen LogP contribution in [0.15, 0.2) is 18.2 Å². The lowest BCUT2D eigenvalue weighted by molar-refractivity contribution is 0.482. The predicted molar refractivity (Wildman–Crippen MR) is 95.2 cm³/mol. The second-order valence-corrected chi connectivity index (χ2v) is 6.80. The van der Waals surface area contributed by atoms with Gasteiger partial charge in [-0.05, 0) is 41.5 Å². The minimum Gasteiger partial charge on any atom is -0.310 e. The highest BCUT2D eigenvalue weighted by atomic mass is 14.9. The Morgan fingerprint density at radius 2 is 1.62 bits per heavy atom. The standard InChI is InChI=1S/C20H35N/c1-7-9-10-11-20(21-8-2)18-13-12-17(15(3)4)14-19(18)16(5)6/h12-16,20-21H,7-11H2,1-6H3. The molecule has 1 rings (SSSR count). The lowest BCUT2D eigenvalue weighted by Gasteiger charge is -2.24. The van der Waals surface area contributed by atoms with Gasteiger partial charge in [0.05, 0.1) is 0 Å². The van der Waals surface area contributed by atoms with E-state index in [4.69, 9.17) is 0 Å². The first-order valence-corrected chi connectivity index (χ1v) is 8.88. The Balaban J connectivity index is 3.04. The van der Waals surface area contributed by atoms with Crippen LogP contribution in [0.25, 0.3) is 0 Å². The molecule has 0 bridgehead atoms. The highest BCUT2D eigenvalue weighted by molar-refractivity contribution is 5.37. The topological polar surface area (TPSA) is 12.0 Å². The van der Waals surface area contributed by atoms with E-state index in [2.05, 4.69) is 65.1 Å². The number of hydrogen-bond donors (Lipinski definition) is 1. The summed E-state index contributed by atoms with van der Waals surface area (Å²) in [6, 6.07) is 7.66. The molecule has 0 fully saturated rings. The zero-order valence-electron chi connectivity index (χ0n) is 15.0. The molecule has 1 nitrogen and oxygen atoms in total. The van der Waals surface area contributed by atoms with Crippen molar-refractivity contribution in [3.8, 4) is 0 Å². The highest BCUT2D eigenvalue weighted by Gasteiger charge is 2.17. The molecule has 1 aromatic carbocycles. The number of benzene rings is 1. The van der Waals surface area contributed by atoms with E-state index in [1.807, 2.05) is 0 Å². The van der Waals surface area contributed by atoms with E-state index in [9.17, 15) is 0 Å². The summed E-state index contributed by atoms with van der Waals surface area (Å²) in [6.07, 6.45) is 5.20. The summed E-state index contributed by atoms with van der Waals surface area (Å²) in [7, 11) is 0. The molecule has 120 valence electrons. The minimum absolute atomic E-state index is 0.514. The van der Waals surface area contributed by atoms with Crippen LogP contribution >= 0.6 is 0 Å². The van der Waals surface area contributed by atoms with Crippen molar-refractivity contribution in [1.82, 2.24) is 5.32 Å². The molecule has 0 radical (unpaired) electrons. The van der Waals surface area contributed by atoms with Crippen molar-refractivity contribution in [2.45, 2.75) is 85.1 Å². The van der Waals surface area contributed by atoms with Crippen molar-refractivity contribution in [3.63, 3.8) is 0 Å². The van der Waals surface area contributed by atoms with Crippen LogP contribution in [-0.4, -0.2) is 6.54 Å². The monoisotopic (exact) mass is 289 g/mol. The third-order valence-electron chi connectivity index (χ3n) is 4.32. The van der Waals surface area contributed by atoms with Crippen molar-refractivity contribution in [1.29, 1.82) is 0 Å². The number of hydrogen-bond acceptors (Lipinski definition) is 1. The van der Waals surface area contributed by atoms with E-state index in [-0.39, 0.29) is 0 Å². The molecule has 1 atom stereocenters. The molecular weight excluding hydrogens is 254 g/mol. The lowest BCUT2D eigenvalue weighted by Crippen LogP contribution is -2.22. The summed E-state index contributed by atoms with van der Waals surface area (Å²) in [5, 5.41) is 3.70. The van der Waals surface area contributed by atoms with Crippen molar-refractivity contribution >= 4 is 0 Å². The Kier molecular flexibility index (Phi) is 8.03. The zero-order valence-corrected chi connectivity index (χ0v) is 15.0. The molecule has 0 heterocycles. The van der Waals surface area contributed by atoms with E-state index in [1.54, 1.807) is 0 Å². The molecule has 21 heavy (non-hydrogen) atoms. The van der Waals surface area contributed by atoms with Crippen molar-refractivity contribution in [2.24, 2.45) is 0 Å². The largest absolute Gasteiger partial charge is 0.310 e. The molecule has 0 saturated heterocycles. The Morgan fingerprint density at radius 3 is 2.14 bits per heavy atom. The fraction of sp³-hybridized carbons (Fsp3) is 0.700. The number of rotatable bonds is 9. The lowest BCUT2D eigenvalue weighted by atomic mass is 9.87. The summed E-state index contributed by atoms with van der Waals surface area (Å²) in [5.74, 6) is 1.19. The molecule has 0 aliphatic heterocycles. The summed E-state index contributed by atoms with van der Waals surface area (Å²) >= 11 is 0. The molecule has 1 unspecified atom stereocenters. The van der Waals surface area contributed by atoms with Gasteiger partial charge in [-0.2, -0.15) is 0 Å². The van der Waals surface area contributed by atoms with Gasteiger partial charge in [-0.15, -0.1) is 0 Å². The molecule has 0 aromatic heterocycles. The summed E-state index contributed by atoms with van der Waals surface area (Å²) in [6.45, 7) is 14.7. The normalized spacial score (nSPS) is 13.1. The molecular formula is C20H35N. The fourth-order valence-corrected chi connectivity index (χ4v) is 2.98. The fourth-order valence-electron chi connectivity index (χ4n) is 2.98. The smallest absolute Gasteiger partial charge is 0.0322 e. The average molecular weight is 290 g/mol. The first-order chi connectivity index (χ1) is 10.0. The van der Waals surface area contributed by atoms with Gasteiger partial charge < -0.3 is 5.32 Å². The van der Waals surface area contributed by atoms with Crippen molar-refractivity contribution < 1.29 is 0 Å². The quantitative estimate of drug-likeness (QED) is 0.536. The van der Waals surface area contributed by atoms with Crippen LogP contribution in [0.2, 0.25) is 0 Å². The van der Waals surface area contributed by atoms with Gasteiger partial charge >= 0.3 is 0 Å². The van der Waals surface area contributed by atoms with Gasteiger partial charge in [-0.1, -0.05) is 79.0 Å². The van der Waals surface area contributed by atoms with Crippen molar-refractivity contribution in [3.05, 3.63) is 34.9 Å². The van der Waals surface area contributed by atoms with E-state index >= 15 is 0 Å². The first-order valence-electron chi connectivity index (χ1n) is 8.88. The summed E-state index contributed by atoms with van der Waals surface area (Å²) in [4.78, 5) is 0. The molecule has 1 aromatic rings. The molecule has 1 N–H and O–H groups in total. The Labute approximate surface area is 132 Å². The molecule has 1 heteroatoms. The Morgan fingerprint density at radius 1 is 0.905 bits per heavy atom. The third kappa shape index (κ3) is 5.47. The van der Waals surface area contributed by atoms with Crippen LogP contribution < -0.4 is 5.32 Å². The Hall–Kier alpha value is -0.820. The van der Waals surface area contributed by atoms with E-state index in [1.165, 1.54) is 42.4 Å². The van der Waals surface area contributed by atoms with Gasteiger partial charge in [0.15, 0.2) is 0 Å². The maximum atomic E-state index is 3.70. The van der Waals surface area contributed by atoms with Crippen LogP contribution in [0.5, 0.6) is 0 Å². The average Bonchev–Trinajstić information content (AvgIpc) is 2.45. The highest BCUT2D eigenvalue weighted by Crippen LogP contribution is 2.31. The molecule has 0 aliphatic carbocycles. The van der Waals surface area contributed by atoms with Crippen LogP contribution in [0.3, 0.4) is 0 Å². The maximum Gasteiger partial charge on any atom is 0.0322 e. The first kappa shape index (κ1) is 18.2. The Bertz CT molecular complexity index is 406. The maximum absolute atomic E-state index is 3.70. The zero-order chi connectivity index (χ0) is 15.8. The van der Waals surface area contributed by atoms with Crippen LogP contribution in [0.4, 0.5) is 0 Å². The summed E-state index contributed by atoms with van der Waals surface area (Å²) < 4.78 is 0. The second-order valence-electron chi connectivity index (χ2n) is 6.80. The molecule has 0 aliphatic rings. The van der Waals surface area contributed by atoms with Crippen LogP contribution in [0.1, 0.15) is 102 Å². The minimum atomic E-state index is 0.514. The molecule has 0 amide bonds. The van der Waals surface area contributed by atoms with Gasteiger partial charge in [0.25, 0.3) is 0 Å². The van der Waals surface area contributed by atoms with E-state index in [0.717, 1.165) is 6.54 Å². The SMILES string of the molecule is CCCCCC(NCC)c1ccc(C(C)C)cc1C(C)C. The van der Waals surface area contributed by atoms with E-state index in [0.29, 0.717) is 17.9 Å². The second kappa shape index (κ2) is 9.25. The predicted octanol–water partition coefficient (Wildman–Crippen LogP) is 6.16. The van der Waals surface area contributed by atoms with Crippen molar-refractivity contribution in [2.75, 3.05) is 6.54 Å². The van der Waals surface area contributed by atoms with Crippen LogP contribution in [-0.2, 0) is 0 Å². The van der Waals surface area contributed by atoms with Gasteiger partial charge in [-0.3, -0.25) is 0 Å². The molecule has 0 saturated carbocycles. The van der Waals surface area contributed by atoms with Gasteiger partial charge in [0.2, 0.25) is 0 Å². The number of unbranched alkanes of at least 4 members (excludes halogenated alkanes) is 2.